The zero-order valence-electron chi connectivity index (χ0n) is 9.38. The van der Waals surface area contributed by atoms with Crippen LogP contribution in [0.15, 0.2) is 0 Å². The lowest BCUT2D eigenvalue weighted by molar-refractivity contribution is -0.137. The second kappa shape index (κ2) is 8.48. The number of hydrogen-bond donors (Lipinski definition) is 5. The van der Waals surface area contributed by atoms with Gasteiger partial charge in [0.15, 0.2) is 0 Å². The lowest BCUT2D eigenvalue weighted by Crippen LogP contribution is -2.48. The highest BCUT2D eigenvalue weighted by atomic mass is 32.1. The molecule has 0 saturated heterocycles. The molecule has 8 nitrogen and oxygen atoms in total. The van der Waals surface area contributed by atoms with Gasteiger partial charge < -0.3 is 21.5 Å². The second-order valence-corrected chi connectivity index (χ2v) is 3.71. The molecule has 2 atom stereocenters. The van der Waals surface area contributed by atoms with Crippen molar-refractivity contribution in [3.05, 3.63) is 0 Å². The number of aliphatic carboxylic acids is 1. The third-order valence-electron chi connectivity index (χ3n) is 1.81. The zero-order chi connectivity index (χ0) is 14.1. The van der Waals surface area contributed by atoms with Crippen LogP contribution in [0.5, 0.6) is 0 Å². The number of rotatable bonds is 8. The van der Waals surface area contributed by atoms with Gasteiger partial charge in [-0.15, -0.1) is 0 Å². The van der Waals surface area contributed by atoms with Gasteiger partial charge in [-0.3, -0.25) is 19.2 Å². The number of carbonyl (C=O) groups excluding carboxylic acids is 3. The smallest absolute Gasteiger partial charge is 0.305 e. The van der Waals surface area contributed by atoms with Crippen LogP contribution in [-0.2, 0) is 19.2 Å². The first-order chi connectivity index (χ1) is 8.40. The van der Waals surface area contributed by atoms with Crippen molar-refractivity contribution in [3.8, 4) is 0 Å². The van der Waals surface area contributed by atoms with Gasteiger partial charge in [-0.05, 0) is 0 Å². The summed E-state index contributed by atoms with van der Waals surface area (Å²) in [6, 6.07) is -2.08. The number of amides is 2. The maximum atomic E-state index is 11.3. The van der Waals surface area contributed by atoms with Gasteiger partial charge in [0.2, 0.25) is 18.1 Å². The van der Waals surface area contributed by atoms with E-state index in [4.69, 9.17) is 10.8 Å². The maximum absolute atomic E-state index is 11.3. The van der Waals surface area contributed by atoms with E-state index in [1.807, 2.05) is 0 Å². The lowest BCUT2D eigenvalue weighted by atomic mass is 10.2. The molecule has 2 amide bonds. The summed E-state index contributed by atoms with van der Waals surface area (Å²) in [7, 11) is 0. The Hall–Kier alpha value is -1.61. The Labute approximate surface area is 109 Å². The third-order valence-corrected chi connectivity index (χ3v) is 2.21. The van der Waals surface area contributed by atoms with Crippen molar-refractivity contribution in [2.45, 2.75) is 18.5 Å². The summed E-state index contributed by atoms with van der Waals surface area (Å²) in [5.74, 6) is -2.39. The van der Waals surface area contributed by atoms with Crippen LogP contribution >= 0.6 is 12.6 Å². The lowest BCUT2D eigenvalue weighted by Gasteiger charge is -2.12. The molecule has 0 spiro atoms. The van der Waals surface area contributed by atoms with E-state index >= 15 is 0 Å². The number of nitrogens with one attached hydrogen (secondary N) is 2. The maximum Gasteiger partial charge on any atom is 0.305 e. The van der Waals surface area contributed by atoms with E-state index in [9.17, 15) is 19.2 Å². The molecule has 0 aromatic heterocycles. The number of thiol groups is 1. The van der Waals surface area contributed by atoms with Crippen LogP contribution in [-0.4, -0.2) is 53.6 Å². The number of carboxylic acids is 1. The van der Waals surface area contributed by atoms with E-state index in [0.717, 1.165) is 0 Å². The van der Waals surface area contributed by atoms with Crippen molar-refractivity contribution in [3.63, 3.8) is 0 Å². The van der Waals surface area contributed by atoms with E-state index in [2.05, 4.69) is 23.3 Å². The van der Waals surface area contributed by atoms with Crippen molar-refractivity contribution in [1.82, 2.24) is 10.6 Å². The number of carboxylic acid groups (broad SMARTS) is 1. The SMILES string of the molecule is N[C@@H](CS)C(=O)NCC(=O)N[C@H]([C]=O)CC(=O)O. The molecule has 0 aliphatic rings. The molecule has 0 fully saturated rings. The molecule has 18 heavy (non-hydrogen) atoms. The summed E-state index contributed by atoms with van der Waals surface area (Å²) in [6.07, 6.45) is 0.803. The minimum absolute atomic E-state index is 0.122. The first-order valence-electron chi connectivity index (χ1n) is 4.93. The van der Waals surface area contributed by atoms with Crippen LogP contribution in [0.4, 0.5) is 0 Å². The van der Waals surface area contributed by atoms with Gasteiger partial charge in [0.25, 0.3) is 0 Å². The number of nitrogens with two attached hydrogens (primary N) is 1. The van der Waals surface area contributed by atoms with Crippen molar-refractivity contribution in [1.29, 1.82) is 0 Å². The Bertz CT molecular complexity index is 336. The number of carbonyl (C=O) groups is 3. The van der Waals surface area contributed by atoms with Gasteiger partial charge in [-0.25, -0.2) is 0 Å². The molecule has 0 aromatic rings. The summed E-state index contributed by atoms with van der Waals surface area (Å²) in [5, 5.41) is 12.7. The Morgan fingerprint density at radius 3 is 2.44 bits per heavy atom. The standard InChI is InChI=1S/C9H14N3O5S/c10-6(4-18)9(17)11-2-7(14)12-5(3-13)1-8(15)16/h5-6,18H,1-2,4,10H2,(H,11,17)(H,12,14)(H,15,16)/t5-,6-/m0/s1. The van der Waals surface area contributed by atoms with Crippen molar-refractivity contribution >= 4 is 36.7 Å². The van der Waals surface area contributed by atoms with E-state index in [1.54, 1.807) is 0 Å². The van der Waals surface area contributed by atoms with Crippen molar-refractivity contribution < 1.29 is 24.3 Å². The van der Waals surface area contributed by atoms with Gasteiger partial charge >= 0.3 is 5.97 Å². The summed E-state index contributed by atoms with van der Waals surface area (Å²) in [5.41, 5.74) is 5.34. The second-order valence-electron chi connectivity index (χ2n) is 3.34. The van der Waals surface area contributed by atoms with Gasteiger partial charge in [0.05, 0.1) is 19.0 Å². The molecule has 0 saturated carbocycles. The van der Waals surface area contributed by atoms with Crippen LogP contribution in [0.1, 0.15) is 6.42 Å². The summed E-state index contributed by atoms with van der Waals surface area (Å²) < 4.78 is 0. The van der Waals surface area contributed by atoms with E-state index in [0.29, 0.717) is 0 Å². The zero-order valence-corrected chi connectivity index (χ0v) is 10.3. The average Bonchev–Trinajstić information content (AvgIpc) is 2.33. The fourth-order valence-electron chi connectivity index (χ4n) is 0.924. The molecule has 9 heteroatoms. The van der Waals surface area contributed by atoms with Crippen LogP contribution in [0.2, 0.25) is 0 Å². The molecule has 0 unspecified atom stereocenters. The quantitative estimate of drug-likeness (QED) is 0.309. The summed E-state index contributed by atoms with van der Waals surface area (Å²) >= 11 is 3.80. The first-order valence-corrected chi connectivity index (χ1v) is 5.57. The Balaban J connectivity index is 4.06. The largest absolute Gasteiger partial charge is 0.481 e. The Morgan fingerprint density at radius 1 is 1.39 bits per heavy atom. The molecule has 1 radical (unpaired) electrons. The molecule has 0 aliphatic carbocycles. The van der Waals surface area contributed by atoms with Crippen LogP contribution < -0.4 is 16.4 Å². The molecule has 101 valence electrons. The first kappa shape index (κ1) is 16.4. The van der Waals surface area contributed by atoms with Crippen LogP contribution in [0.3, 0.4) is 0 Å². The Morgan fingerprint density at radius 2 is 2.00 bits per heavy atom. The fraction of sp³-hybridized carbons (Fsp3) is 0.556. The van der Waals surface area contributed by atoms with E-state index < -0.39 is 42.8 Å². The molecule has 0 rings (SSSR count). The highest BCUT2D eigenvalue weighted by molar-refractivity contribution is 7.80. The van der Waals surface area contributed by atoms with Gasteiger partial charge in [0, 0.05) is 5.75 Å². The van der Waals surface area contributed by atoms with Crippen molar-refractivity contribution in [2.24, 2.45) is 5.73 Å². The third kappa shape index (κ3) is 6.86. The predicted molar refractivity (Wildman–Crippen MR) is 64.7 cm³/mol. The highest BCUT2D eigenvalue weighted by Gasteiger charge is 2.17. The van der Waals surface area contributed by atoms with E-state index in [1.165, 1.54) is 6.29 Å². The van der Waals surface area contributed by atoms with Crippen molar-refractivity contribution in [2.75, 3.05) is 12.3 Å². The molecular formula is C9H14N3O5S. The topological polar surface area (TPSA) is 139 Å². The van der Waals surface area contributed by atoms with Crippen LogP contribution in [0.25, 0.3) is 0 Å². The highest BCUT2D eigenvalue weighted by Crippen LogP contribution is 1.88. The normalized spacial score (nSPS) is 13.2. The van der Waals surface area contributed by atoms with Gasteiger partial charge in [-0.1, -0.05) is 0 Å². The molecular weight excluding hydrogens is 262 g/mol. The van der Waals surface area contributed by atoms with Gasteiger partial charge in [0.1, 0.15) is 6.04 Å². The molecule has 5 N–H and O–H groups in total. The monoisotopic (exact) mass is 276 g/mol. The Kier molecular flexibility index (Phi) is 7.72. The minimum atomic E-state index is -1.25. The summed E-state index contributed by atoms with van der Waals surface area (Å²) in [4.78, 5) is 43.1. The predicted octanol–water partition coefficient (Wildman–Crippen LogP) is -2.57. The molecule has 0 aliphatic heterocycles. The van der Waals surface area contributed by atoms with Crippen LogP contribution in [0, 0.1) is 0 Å². The molecule has 0 heterocycles. The minimum Gasteiger partial charge on any atom is -0.481 e. The van der Waals surface area contributed by atoms with E-state index in [-0.39, 0.29) is 5.75 Å². The molecule has 0 bridgehead atoms. The average molecular weight is 276 g/mol. The molecule has 0 aromatic carbocycles. The number of hydrogen-bond acceptors (Lipinski definition) is 6. The van der Waals surface area contributed by atoms with Gasteiger partial charge in [-0.2, -0.15) is 12.6 Å². The fourth-order valence-corrected chi connectivity index (χ4v) is 1.09. The summed E-state index contributed by atoms with van der Waals surface area (Å²) in [6.45, 7) is -0.405.